The van der Waals surface area contributed by atoms with Crippen LogP contribution in [0.15, 0.2) is 0 Å². The van der Waals surface area contributed by atoms with E-state index in [1.807, 2.05) is 25.7 Å². The molecule has 2 aliphatic rings. The van der Waals surface area contributed by atoms with Crippen LogP contribution in [0.5, 0.6) is 0 Å². The van der Waals surface area contributed by atoms with E-state index in [2.05, 4.69) is 12.2 Å². The summed E-state index contributed by atoms with van der Waals surface area (Å²) in [7, 11) is 1.79. The Morgan fingerprint density at radius 1 is 1.33 bits per heavy atom. The molecular weight excluding hydrogens is 304 g/mol. The highest BCUT2D eigenvalue weighted by molar-refractivity contribution is 5.68. The van der Waals surface area contributed by atoms with Crippen LogP contribution in [0.25, 0.3) is 0 Å². The van der Waals surface area contributed by atoms with Crippen molar-refractivity contribution < 1.29 is 14.3 Å². The third-order valence-corrected chi connectivity index (χ3v) is 5.29. The first-order chi connectivity index (χ1) is 11.3. The average molecular weight is 341 g/mol. The molecule has 5 nitrogen and oxygen atoms in total. The van der Waals surface area contributed by atoms with Crippen LogP contribution in [0.2, 0.25) is 0 Å². The van der Waals surface area contributed by atoms with E-state index >= 15 is 0 Å². The molecule has 1 aliphatic heterocycles. The van der Waals surface area contributed by atoms with E-state index in [0.717, 1.165) is 51.7 Å². The quantitative estimate of drug-likeness (QED) is 0.803. The van der Waals surface area contributed by atoms with Crippen molar-refractivity contribution in [2.75, 3.05) is 26.7 Å². The molecular formula is C19H36N2O3. The fraction of sp³-hybridized carbons (Fsp3) is 0.947. The van der Waals surface area contributed by atoms with Crippen molar-refractivity contribution in [2.45, 2.75) is 84.0 Å². The molecule has 1 saturated carbocycles. The number of piperidine rings is 1. The first kappa shape index (κ1) is 19.5. The van der Waals surface area contributed by atoms with E-state index in [1.54, 1.807) is 7.11 Å². The molecule has 0 aromatic heterocycles. The van der Waals surface area contributed by atoms with Crippen LogP contribution in [0.4, 0.5) is 4.79 Å². The summed E-state index contributed by atoms with van der Waals surface area (Å²) in [4.78, 5) is 14.4. The van der Waals surface area contributed by atoms with Gasteiger partial charge in [0, 0.05) is 38.2 Å². The average Bonchev–Trinajstić information content (AvgIpc) is 2.44. The largest absolute Gasteiger partial charge is 0.444 e. The number of methoxy groups -OCH3 is 1. The predicted molar refractivity (Wildman–Crippen MR) is 96.2 cm³/mol. The molecule has 1 N–H and O–H groups in total. The second-order valence-electron chi connectivity index (χ2n) is 8.66. The zero-order chi connectivity index (χ0) is 17.8. The van der Waals surface area contributed by atoms with Crippen molar-refractivity contribution in [3.05, 3.63) is 0 Å². The van der Waals surface area contributed by atoms with Gasteiger partial charge in [0.15, 0.2) is 0 Å². The molecule has 1 atom stereocenters. The van der Waals surface area contributed by atoms with Crippen molar-refractivity contribution in [1.29, 1.82) is 0 Å². The highest BCUT2D eigenvalue weighted by atomic mass is 16.6. The lowest BCUT2D eigenvalue weighted by molar-refractivity contribution is -0.00544. The van der Waals surface area contributed by atoms with E-state index < -0.39 is 5.60 Å². The maximum absolute atomic E-state index is 12.5. The van der Waals surface area contributed by atoms with E-state index in [1.165, 1.54) is 6.42 Å². The molecule has 24 heavy (non-hydrogen) atoms. The predicted octanol–water partition coefficient (Wildman–Crippen LogP) is 3.57. The van der Waals surface area contributed by atoms with Gasteiger partial charge < -0.3 is 19.7 Å². The van der Waals surface area contributed by atoms with Crippen LogP contribution < -0.4 is 5.32 Å². The Balaban J connectivity index is 1.91. The lowest BCUT2D eigenvalue weighted by atomic mass is 9.75. The Hall–Kier alpha value is -0.810. The van der Waals surface area contributed by atoms with Gasteiger partial charge in [0.1, 0.15) is 5.60 Å². The second-order valence-corrected chi connectivity index (χ2v) is 8.66. The van der Waals surface area contributed by atoms with Crippen LogP contribution in [0.3, 0.4) is 0 Å². The molecule has 1 aliphatic carbocycles. The van der Waals surface area contributed by atoms with E-state index in [9.17, 15) is 4.79 Å². The number of hydrogen-bond donors (Lipinski definition) is 1. The number of carbonyl (C=O) groups is 1. The van der Waals surface area contributed by atoms with Gasteiger partial charge in [0.05, 0.1) is 6.10 Å². The van der Waals surface area contributed by atoms with Crippen LogP contribution >= 0.6 is 0 Å². The Morgan fingerprint density at radius 3 is 2.62 bits per heavy atom. The van der Waals surface area contributed by atoms with Crippen LogP contribution in [-0.2, 0) is 9.47 Å². The van der Waals surface area contributed by atoms with Crippen molar-refractivity contribution >= 4 is 6.09 Å². The summed E-state index contributed by atoms with van der Waals surface area (Å²) in [5.41, 5.74) is -0.247. The molecule has 1 heterocycles. The molecule has 0 radical (unpaired) electrons. The topological polar surface area (TPSA) is 50.8 Å². The number of hydrogen-bond acceptors (Lipinski definition) is 4. The molecule has 0 bridgehead atoms. The zero-order valence-corrected chi connectivity index (χ0v) is 16.2. The SMILES string of the molecule is CCCC1(CNC2CC(OC)C2)CCCN(C(=O)OC(C)(C)C)C1. The Bertz CT molecular complexity index is 411. The fourth-order valence-corrected chi connectivity index (χ4v) is 3.94. The molecule has 5 heteroatoms. The zero-order valence-electron chi connectivity index (χ0n) is 16.2. The standard InChI is InChI=1S/C19H36N2O3/c1-6-8-19(13-20-15-11-16(12-15)23-5)9-7-10-21(14-19)17(22)24-18(2,3)4/h15-16,20H,6-14H2,1-5H3. The summed E-state index contributed by atoms with van der Waals surface area (Å²) in [5.74, 6) is 0. The molecule has 0 aromatic carbocycles. The molecule has 1 unspecified atom stereocenters. The number of ether oxygens (including phenoxy) is 2. The summed E-state index contributed by atoms with van der Waals surface area (Å²) in [6, 6.07) is 0.570. The minimum atomic E-state index is -0.429. The van der Waals surface area contributed by atoms with Gasteiger partial charge in [0.25, 0.3) is 0 Å². The lowest BCUT2D eigenvalue weighted by Crippen LogP contribution is -2.54. The first-order valence-electron chi connectivity index (χ1n) is 9.51. The maximum atomic E-state index is 12.5. The van der Waals surface area contributed by atoms with Gasteiger partial charge in [-0.3, -0.25) is 0 Å². The molecule has 1 amide bonds. The summed E-state index contributed by atoms with van der Waals surface area (Å²) in [6.07, 6.45) is 7.03. The van der Waals surface area contributed by atoms with Crippen molar-refractivity contribution in [3.8, 4) is 0 Å². The molecule has 1 saturated heterocycles. The van der Waals surface area contributed by atoms with Crippen LogP contribution in [0.1, 0.15) is 66.2 Å². The molecule has 2 fully saturated rings. The van der Waals surface area contributed by atoms with E-state index in [-0.39, 0.29) is 11.5 Å². The van der Waals surface area contributed by atoms with Crippen molar-refractivity contribution in [1.82, 2.24) is 10.2 Å². The number of nitrogens with one attached hydrogen (secondary N) is 1. The maximum Gasteiger partial charge on any atom is 0.410 e. The van der Waals surface area contributed by atoms with E-state index in [4.69, 9.17) is 9.47 Å². The van der Waals surface area contributed by atoms with Gasteiger partial charge in [0.2, 0.25) is 0 Å². The summed E-state index contributed by atoms with van der Waals surface area (Å²) >= 11 is 0. The van der Waals surface area contributed by atoms with Gasteiger partial charge in [-0.1, -0.05) is 13.3 Å². The Morgan fingerprint density at radius 2 is 2.04 bits per heavy atom. The summed E-state index contributed by atoms with van der Waals surface area (Å²) in [6.45, 7) is 10.6. The normalized spacial score (nSPS) is 30.8. The summed E-state index contributed by atoms with van der Waals surface area (Å²) in [5, 5.41) is 3.73. The number of rotatable bonds is 6. The van der Waals surface area contributed by atoms with Crippen molar-refractivity contribution in [3.63, 3.8) is 0 Å². The highest BCUT2D eigenvalue weighted by Gasteiger charge is 2.39. The van der Waals surface area contributed by atoms with E-state index in [0.29, 0.717) is 12.1 Å². The van der Waals surface area contributed by atoms with Crippen molar-refractivity contribution in [2.24, 2.45) is 5.41 Å². The van der Waals surface area contributed by atoms with Crippen LogP contribution in [-0.4, -0.2) is 55.5 Å². The summed E-state index contributed by atoms with van der Waals surface area (Å²) < 4.78 is 11.0. The number of nitrogens with zero attached hydrogens (tertiary/aromatic N) is 1. The van der Waals surface area contributed by atoms with Gasteiger partial charge in [-0.15, -0.1) is 0 Å². The third kappa shape index (κ3) is 5.35. The Labute approximate surface area is 147 Å². The molecule has 0 spiro atoms. The fourth-order valence-electron chi connectivity index (χ4n) is 3.94. The smallest absolute Gasteiger partial charge is 0.410 e. The molecule has 140 valence electrons. The minimum absolute atomic E-state index is 0.161. The monoisotopic (exact) mass is 340 g/mol. The minimum Gasteiger partial charge on any atom is -0.444 e. The lowest BCUT2D eigenvalue weighted by Gasteiger charge is -2.45. The first-order valence-corrected chi connectivity index (χ1v) is 9.51. The van der Waals surface area contributed by atoms with Gasteiger partial charge in [-0.05, 0) is 52.9 Å². The Kier molecular flexibility index (Phi) is 6.54. The second kappa shape index (κ2) is 8.05. The van der Waals surface area contributed by atoms with Gasteiger partial charge in [-0.25, -0.2) is 4.79 Å². The number of amides is 1. The van der Waals surface area contributed by atoms with Crippen LogP contribution in [0, 0.1) is 5.41 Å². The van der Waals surface area contributed by atoms with Gasteiger partial charge in [-0.2, -0.15) is 0 Å². The number of carbonyl (C=O) groups excluding carboxylic acids is 1. The van der Waals surface area contributed by atoms with Gasteiger partial charge >= 0.3 is 6.09 Å². The molecule has 2 rings (SSSR count). The highest BCUT2D eigenvalue weighted by Crippen LogP contribution is 2.35. The third-order valence-electron chi connectivity index (χ3n) is 5.29. The number of likely N-dealkylation sites (tertiary alicyclic amines) is 1. The molecule has 0 aromatic rings.